The molecule has 3 N–H and O–H groups in total. The standard InChI is InChI=1S/C17H24N2O3/c1-11(8-12(2)20)10-18-16(21)14-4-3-5-15(9-14)19-17(22)13-6-7-13/h3-5,9,11-13,20H,6-8,10H2,1-2H3,(H,18,21)(H,19,22). The van der Waals surface area contributed by atoms with Crippen LogP contribution in [-0.4, -0.2) is 29.6 Å². The van der Waals surface area contributed by atoms with Crippen molar-refractivity contribution in [1.29, 1.82) is 0 Å². The molecule has 1 aromatic rings. The topological polar surface area (TPSA) is 78.4 Å². The summed E-state index contributed by atoms with van der Waals surface area (Å²) in [5.74, 6) is 0.212. The van der Waals surface area contributed by atoms with E-state index in [9.17, 15) is 14.7 Å². The Hall–Kier alpha value is -1.88. The molecule has 1 aliphatic rings. The molecule has 2 amide bonds. The van der Waals surface area contributed by atoms with E-state index in [0.717, 1.165) is 12.8 Å². The van der Waals surface area contributed by atoms with Gasteiger partial charge in [0.15, 0.2) is 0 Å². The van der Waals surface area contributed by atoms with E-state index in [4.69, 9.17) is 0 Å². The zero-order valence-electron chi connectivity index (χ0n) is 13.1. The van der Waals surface area contributed by atoms with Gasteiger partial charge in [0.1, 0.15) is 0 Å². The summed E-state index contributed by atoms with van der Waals surface area (Å²) < 4.78 is 0. The SMILES string of the molecule is CC(O)CC(C)CNC(=O)c1cccc(NC(=O)C2CC2)c1. The average Bonchev–Trinajstić information content (AvgIpc) is 3.29. The van der Waals surface area contributed by atoms with Crippen LogP contribution in [0.4, 0.5) is 5.69 Å². The molecular formula is C17H24N2O3. The minimum absolute atomic E-state index is 0.0307. The van der Waals surface area contributed by atoms with Crippen molar-refractivity contribution in [1.82, 2.24) is 5.32 Å². The normalized spacial score (nSPS) is 16.7. The Balaban J connectivity index is 1.87. The maximum absolute atomic E-state index is 12.1. The minimum atomic E-state index is -0.368. The van der Waals surface area contributed by atoms with Crippen molar-refractivity contribution in [3.63, 3.8) is 0 Å². The molecule has 0 saturated heterocycles. The van der Waals surface area contributed by atoms with E-state index in [1.807, 2.05) is 6.92 Å². The number of hydrogen-bond donors (Lipinski definition) is 3. The fraction of sp³-hybridized carbons (Fsp3) is 0.529. The summed E-state index contributed by atoms with van der Waals surface area (Å²) >= 11 is 0. The molecule has 0 radical (unpaired) electrons. The van der Waals surface area contributed by atoms with Gasteiger partial charge in [-0.1, -0.05) is 13.0 Å². The lowest BCUT2D eigenvalue weighted by Gasteiger charge is -2.14. The van der Waals surface area contributed by atoms with E-state index in [1.165, 1.54) is 0 Å². The lowest BCUT2D eigenvalue weighted by molar-refractivity contribution is -0.117. The van der Waals surface area contributed by atoms with Gasteiger partial charge in [-0.15, -0.1) is 0 Å². The van der Waals surface area contributed by atoms with E-state index in [2.05, 4.69) is 10.6 Å². The van der Waals surface area contributed by atoms with Gasteiger partial charge in [-0.2, -0.15) is 0 Å². The molecule has 0 aromatic heterocycles. The van der Waals surface area contributed by atoms with E-state index < -0.39 is 0 Å². The molecule has 120 valence electrons. The third-order valence-corrected chi connectivity index (χ3v) is 3.69. The molecule has 1 fully saturated rings. The van der Waals surface area contributed by atoms with Crippen LogP contribution in [0, 0.1) is 11.8 Å². The highest BCUT2D eigenvalue weighted by molar-refractivity contribution is 5.98. The van der Waals surface area contributed by atoms with Crippen molar-refractivity contribution in [3.05, 3.63) is 29.8 Å². The van der Waals surface area contributed by atoms with Crippen molar-refractivity contribution >= 4 is 17.5 Å². The van der Waals surface area contributed by atoms with Crippen LogP contribution < -0.4 is 10.6 Å². The zero-order chi connectivity index (χ0) is 16.1. The maximum Gasteiger partial charge on any atom is 0.251 e. The number of aliphatic hydroxyl groups is 1. The predicted octanol–water partition coefficient (Wildman–Crippen LogP) is 2.17. The number of benzene rings is 1. The highest BCUT2D eigenvalue weighted by Gasteiger charge is 2.29. The number of carbonyl (C=O) groups excluding carboxylic acids is 2. The number of anilines is 1. The molecule has 5 nitrogen and oxygen atoms in total. The molecule has 2 atom stereocenters. The summed E-state index contributed by atoms with van der Waals surface area (Å²) in [4.78, 5) is 23.9. The second kappa shape index (κ2) is 7.40. The van der Waals surface area contributed by atoms with Crippen molar-refractivity contribution in [2.24, 2.45) is 11.8 Å². The molecule has 1 saturated carbocycles. The Kier molecular flexibility index (Phi) is 5.55. The molecule has 0 heterocycles. The first-order chi connectivity index (χ1) is 10.5. The Morgan fingerprint density at radius 1 is 1.32 bits per heavy atom. The third-order valence-electron chi connectivity index (χ3n) is 3.69. The highest BCUT2D eigenvalue weighted by Crippen LogP contribution is 2.30. The van der Waals surface area contributed by atoms with Gasteiger partial charge in [0.05, 0.1) is 6.10 Å². The molecular weight excluding hydrogens is 280 g/mol. The summed E-state index contributed by atoms with van der Waals surface area (Å²) in [6, 6.07) is 6.96. The van der Waals surface area contributed by atoms with E-state index in [-0.39, 0.29) is 29.8 Å². The Labute approximate surface area is 131 Å². The second-order valence-electron chi connectivity index (χ2n) is 6.24. The Morgan fingerprint density at radius 3 is 2.68 bits per heavy atom. The predicted molar refractivity (Wildman–Crippen MR) is 85.6 cm³/mol. The first kappa shape index (κ1) is 16.5. The number of rotatable bonds is 7. The van der Waals surface area contributed by atoms with Gasteiger partial charge in [0.2, 0.25) is 5.91 Å². The number of aliphatic hydroxyl groups excluding tert-OH is 1. The lowest BCUT2D eigenvalue weighted by atomic mass is 10.0. The van der Waals surface area contributed by atoms with Crippen LogP contribution in [0.1, 0.15) is 43.5 Å². The van der Waals surface area contributed by atoms with Gasteiger partial charge in [-0.05, 0) is 50.3 Å². The second-order valence-corrected chi connectivity index (χ2v) is 6.24. The fourth-order valence-electron chi connectivity index (χ4n) is 2.36. The van der Waals surface area contributed by atoms with Crippen LogP contribution in [-0.2, 0) is 4.79 Å². The summed E-state index contributed by atoms with van der Waals surface area (Å²) in [5.41, 5.74) is 1.18. The molecule has 1 aliphatic carbocycles. The van der Waals surface area contributed by atoms with Crippen molar-refractivity contribution in [2.75, 3.05) is 11.9 Å². The molecule has 22 heavy (non-hydrogen) atoms. The Morgan fingerprint density at radius 2 is 2.05 bits per heavy atom. The average molecular weight is 304 g/mol. The van der Waals surface area contributed by atoms with Crippen LogP contribution in [0.2, 0.25) is 0 Å². The fourth-order valence-corrected chi connectivity index (χ4v) is 2.36. The van der Waals surface area contributed by atoms with E-state index in [0.29, 0.717) is 24.2 Å². The monoisotopic (exact) mass is 304 g/mol. The molecule has 2 unspecified atom stereocenters. The van der Waals surface area contributed by atoms with Crippen LogP contribution in [0.3, 0.4) is 0 Å². The van der Waals surface area contributed by atoms with Crippen molar-refractivity contribution in [2.45, 2.75) is 39.2 Å². The molecule has 0 spiro atoms. The van der Waals surface area contributed by atoms with Crippen molar-refractivity contribution in [3.8, 4) is 0 Å². The molecule has 0 bridgehead atoms. The van der Waals surface area contributed by atoms with Gasteiger partial charge in [-0.25, -0.2) is 0 Å². The van der Waals surface area contributed by atoms with E-state index in [1.54, 1.807) is 31.2 Å². The quantitative estimate of drug-likeness (QED) is 0.722. The minimum Gasteiger partial charge on any atom is -0.393 e. The number of amides is 2. The summed E-state index contributed by atoms with van der Waals surface area (Å²) in [5, 5.41) is 15.0. The first-order valence-corrected chi connectivity index (χ1v) is 7.83. The van der Waals surface area contributed by atoms with Gasteiger partial charge >= 0.3 is 0 Å². The summed E-state index contributed by atoms with van der Waals surface area (Å²) in [7, 11) is 0. The number of hydrogen-bond acceptors (Lipinski definition) is 3. The van der Waals surface area contributed by atoms with Gasteiger partial charge < -0.3 is 15.7 Å². The zero-order valence-corrected chi connectivity index (χ0v) is 13.1. The van der Waals surface area contributed by atoms with Crippen molar-refractivity contribution < 1.29 is 14.7 Å². The lowest BCUT2D eigenvalue weighted by Crippen LogP contribution is -2.29. The van der Waals surface area contributed by atoms with Crippen LogP contribution in [0.5, 0.6) is 0 Å². The molecule has 5 heteroatoms. The molecule has 1 aromatic carbocycles. The molecule has 2 rings (SSSR count). The van der Waals surface area contributed by atoms with E-state index >= 15 is 0 Å². The largest absolute Gasteiger partial charge is 0.393 e. The first-order valence-electron chi connectivity index (χ1n) is 7.83. The van der Waals surface area contributed by atoms with Gasteiger partial charge in [0.25, 0.3) is 5.91 Å². The van der Waals surface area contributed by atoms with Crippen LogP contribution >= 0.6 is 0 Å². The summed E-state index contributed by atoms with van der Waals surface area (Å²) in [6.07, 6.45) is 2.19. The Bertz CT molecular complexity index is 538. The third kappa shape index (κ3) is 5.15. The number of carbonyl (C=O) groups is 2. The van der Waals surface area contributed by atoms with Crippen LogP contribution in [0.25, 0.3) is 0 Å². The maximum atomic E-state index is 12.1. The number of nitrogens with one attached hydrogen (secondary N) is 2. The smallest absolute Gasteiger partial charge is 0.251 e. The van der Waals surface area contributed by atoms with Gasteiger partial charge in [-0.3, -0.25) is 9.59 Å². The van der Waals surface area contributed by atoms with Crippen LogP contribution in [0.15, 0.2) is 24.3 Å². The van der Waals surface area contributed by atoms with Gasteiger partial charge in [0, 0.05) is 23.7 Å². The highest BCUT2D eigenvalue weighted by atomic mass is 16.3. The molecule has 0 aliphatic heterocycles. The summed E-state index contributed by atoms with van der Waals surface area (Å²) in [6.45, 7) is 4.24.